The first kappa shape index (κ1) is 16.7. The molecule has 0 atom stereocenters. The van der Waals surface area contributed by atoms with Gasteiger partial charge in [0, 0.05) is 10.5 Å². The Bertz CT molecular complexity index is 756. The molecule has 0 amide bonds. The lowest BCUT2D eigenvalue weighted by Crippen LogP contribution is -2.09. The summed E-state index contributed by atoms with van der Waals surface area (Å²) in [5, 5.41) is 10.3. The molecule has 0 heterocycles. The monoisotopic (exact) mass is 377 g/mol. The first-order valence-corrected chi connectivity index (χ1v) is 7.26. The molecule has 2 aromatic rings. The van der Waals surface area contributed by atoms with Gasteiger partial charge in [0.1, 0.15) is 0 Å². The molecule has 23 heavy (non-hydrogen) atoms. The van der Waals surface area contributed by atoms with Crippen LogP contribution in [0, 0.1) is 10.1 Å². The molecule has 0 fully saturated rings. The zero-order valence-corrected chi connectivity index (χ0v) is 13.6. The van der Waals surface area contributed by atoms with Crippen LogP contribution in [0.4, 0.5) is 0 Å². The van der Waals surface area contributed by atoms with Crippen molar-refractivity contribution in [1.29, 1.82) is 0 Å². The van der Waals surface area contributed by atoms with E-state index in [9.17, 15) is 14.9 Å². The highest BCUT2D eigenvalue weighted by atomic mass is 79.9. The van der Waals surface area contributed by atoms with Crippen molar-refractivity contribution in [2.45, 2.75) is 0 Å². The molecule has 0 aliphatic rings. The average molecular weight is 378 g/mol. The number of ether oxygens (including phenoxy) is 2. The Morgan fingerprint density at radius 1 is 1.17 bits per heavy atom. The van der Waals surface area contributed by atoms with E-state index in [1.807, 2.05) is 0 Å². The van der Waals surface area contributed by atoms with Crippen LogP contribution in [0.5, 0.6) is 11.5 Å². The van der Waals surface area contributed by atoms with Gasteiger partial charge in [0.05, 0.1) is 17.6 Å². The van der Waals surface area contributed by atoms with Crippen LogP contribution in [-0.4, -0.2) is 18.0 Å². The van der Waals surface area contributed by atoms with Gasteiger partial charge in [-0.25, -0.2) is 4.79 Å². The molecular weight excluding hydrogens is 366 g/mol. The van der Waals surface area contributed by atoms with Crippen LogP contribution in [0.15, 0.2) is 53.1 Å². The maximum Gasteiger partial charge on any atom is 0.343 e. The summed E-state index contributed by atoms with van der Waals surface area (Å²) in [7, 11) is 1.42. The highest BCUT2D eigenvalue weighted by Gasteiger charge is 2.12. The van der Waals surface area contributed by atoms with Crippen LogP contribution >= 0.6 is 15.9 Å². The van der Waals surface area contributed by atoms with Crippen molar-refractivity contribution in [3.8, 4) is 11.5 Å². The van der Waals surface area contributed by atoms with Crippen LogP contribution in [0.3, 0.4) is 0 Å². The number of hydrogen-bond acceptors (Lipinski definition) is 5. The number of esters is 1. The molecular formula is C16H12BrNO5. The second-order valence-corrected chi connectivity index (χ2v) is 5.32. The molecule has 0 unspecified atom stereocenters. The summed E-state index contributed by atoms with van der Waals surface area (Å²) in [5.41, 5.74) is 0.953. The molecule has 0 aromatic heterocycles. The normalized spacial score (nSPS) is 10.5. The summed E-state index contributed by atoms with van der Waals surface area (Å²) in [6.45, 7) is 0. The van der Waals surface area contributed by atoms with E-state index in [4.69, 9.17) is 9.47 Å². The standard InChI is InChI=1S/C16H12BrNO5/c1-22-15-10-11(8-9-18(20)21)2-7-14(15)23-16(19)12-3-5-13(17)6-4-12/h2-10H,1H3/b9-8-. The number of carbonyl (C=O) groups is 1. The lowest BCUT2D eigenvalue weighted by Gasteiger charge is -2.10. The average Bonchev–Trinajstić information content (AvgIpc) is 2.54. The predicted molar refractivity (Wildman–Crippen MR) is 88.1 cm³/mol. The van der Waals surface area contributed by atoms with Gasteiger partial charge in [-0.15, -0.1) is 0 Å². The molecule has 118 valence electrons. The Labute approximate surface area is 140 Å². The van der Waals surface area contributed by atoms with Crippen LogP contribution in [-0.2, 0) is 0 Å². The third-order valence-electron chi connectivity index (χ3n) is 2.86. The highest BCUT2D eigenvalue weighted by Crippen LogP contribution is 2.29. The van der Waals surface area contributed by atoms with Crippen LogP contribution in [0.25, 0.3) is 6.08 Å². The fourth-order valence-electron chi connectivity index (χ4n) is 1.76. The van der Waals surface area contributed by atoms with E-state index in [0.717, 1.165) is 10.7 Å². The molecule has 0 N–H and O–H groups in total. The molecule has 6 nitrogen and oxygen atoms in total. The lowest BCUT2D eigenvalue weighted by atomic mass is 10.2. The first-order valence-electron chi connectivity index (χ1n) is 6.47. The van der Waals surface area contributed by atoms with Crippen molar-refractivity contribution < 1.29 is 19.2 Å². The summed E-state index contributed by atoms with van der Waals surface area (Å²) >= 11 is 3.29. The molecule has 0 bridgehead atoms. The highest BCUT2D eigenvalue weighted by molar-refractivity contribution is 9.10. The Hall–Kier alpha value is -2.67. The minimum Gasteiger partial charge on any atom is -0.493 e. The molecule has 0 aliphatic carbocycles. The molecule has 0 saturated carbocycles. The van der Waals surface area contributed by atoms with Crippen molar-refractivity contribution >= 4 is 28.0 Å². The minimum absolute atomic E-state index is 0.235. The second kappa shape index (κ2) is 7.55. The second-order valence-electron chi connectivity index (χ2n) is 4.41. The SMILES string of the molecule is COc1cc(/C=C\[N+](=O)[O-])ccc1OC(=O)c1ccc(Br)cc1. The molecule has 0 radical (unpaired) electrons. The third kappa shape index (κ3) is 4.65. The van der Waals surface area contributed by atoms with Gasteiger partial charge in [0.15, 0.2) is 11.5 Å². The third-order valence-corrected chi connectivity index (χ3v) is 3.39. The maximum absolute atomic E-state index is 12.1. The van der Waals surface area contributed by atoms with Gasteiger partial charge in [0.2, 0.25) is 6.20 Å². The number of halogens is 1. The van der Waals surface area contributed by atoms with E-state index in [1.54, 1.807) is 36.4 Å². The summed E-state index contributed by atoms with van der Waals surface area (Å²) < 4.78 is 11.3. The number of benzene rings is 2. The number of rotatable bonds is 5. The van der Waals surface area contributed by atoms with E-state index in [2.05, 4.69) is 15.9 Å². The van der Waals surface area contributed by atoms with Crippen LogP contribution < -0.4 is 9.47 Å². The van der Waals surface area contributed by atoms with Crippen molar-refractivity contribution in [2.75, 3.05) is 7.11 Å². The fourth-order valence-corrected chi connectivity index (χ4v) is 2.03. The minimum atomic E-state index is -0.562. The topological polar surface area (TPSA) is 78.7 Å². The van der Waals surface area contributed by atoms with Crippen molar-refractivity contribution in [2.24, 2.45) is 0 Å². The molecule has 0 aliphatic heterocycles. The fraction of sp³-hybridized carbons (Fsp3) is 0.0625. The summed E-state index contributed by atoms with van der Waals surface area (Å²) in [5.74, 6) is 0.0176. The van der Waals surface area contributed by atoms with E-state index in [1.165, 1.54) is 19.3 Å². The Kier molecular flexibility index (Phi) is 5.48. The van der Waals surface area contributed by atoms with Gasteiger partial charge >= 0.3 is 5.97 Å². The van der Waals surface area contributed by atoms with Gasteiger partial charge in [0.25, 0.3) is 0 Å². The van der Waals surface area contributed by atoms with E-state index in [0.29, 0.717) is 16.9 Å². The predicted octanol–water partition coefficient (Wildman–Crippen LogP) is 3.92. The van der Waals surface area contributed by atoms with Gasteiger partial charge in [-0.2, -0.15) is 0 Å². The number of nitrogens with zero attached hydrogens (tertiary/aromatic N) is 1. The molecule has 0 saturated heterocycles. The molecule has 0 spiro atoms. The first-order chi connectivity index (χ1) is 11.0. The van der Waals surface area contributed by atoms with E-state index in [-0.39, 0.29) is 5.75 Å². The van der Waals surface area contributed by atoms with Gasteiger partial charge in [-0.05, 0) is 42.0 Å². The number of carbonyl (C=O) groups excluding carboxylic acids is 1. The zero-order valence-electron chi connectivity index (χ0n) is 12.1. The Balaban J connectivity index is 2.20. The summed E-state index contributed by atoms with van der Waals surface area (Å²) in [4.78, 5) is 21.9. The molecule has 2 aromatic carbocycles. The largest absolute Gasteiger partial charge is 0.493 e. The Morgan fingerprint density at radius 3 is 2.48 bits per heavy atom. The summed E-state index contributed by atoms with van der Waals surface area (Å²) in [6.07, 6.45) is 2.14. The molecule has 7 heteroatoms. The summed E-state index contributed by atoms with van der Waals surface area (Å²) in [6, 6.07) is 11.4. The van der Waals surface area contributed by atoms with Gasteiger partial charge in [-0.1, -0.05) is 22.0 Å². The van der Waals surface area contributed by atoms with E-state index < -0.39 is 10.9 Å². The van der Waals surface area contributed by atoms with Crippen LogP contribution in [0.2, 0.25) is 0 Å². The smallest absolute Gasteiger partial charge is 0.343 e. The van der Waals surface area contributed by atoms with Crippen molar-refractivity contribution in [3.05, 3.63) is 74.4 Å². The van der Waals surface area contributed by atoms with E-state index >= 15 is 0 Å². The van der Waals surface area contributed by atoms with Gasteiger partial charge in [-0.3, -0.25) is 10.1 Å². The van der Waals surface area contributed by atoms with Crippen molar-refractivity contribution in [3.63, 3.8) is 0 Å². The number of hydrogen-bond donors (Lipinski definition) is 0. The van der Waals surface area contributed by atoms with Gasteiger partial charge < -0.3 is 9.47 Å². The van der Waals surface area contributed by atoms with Crippen molar-refractivity contribution in [1.82, 2.24) is 0 Å². The number of nitro groups is 1. The zero-order chi connectivity index (χ0) is 16.8. The maximum atomic E-state index is 12.1. The quantitative estimate of drug-likeness (QED) is 0.341. The van der Waals surface area contributed by atoms with Crippen LogP contribution in [0.1, 0.15) is 15.9 Å². The lowest BCUT2D eigenvalue weighted by molar-refractivity contribution is -0.400. The Morgan fingerprint density at radius 2 is 1.87 bits per heavy atom. The number of methoxy groups -OCH3 is 1. The molecule has 2 rings (SSSR count).